The zero-order chi connectivity index (χ0) is 13.3. The SMILES string of the molecule is CCOC(O[Si](CC)(CC)CC)C(C)CCBr. The average Bonchev–Trinajstić information content (AvgIpc) is 2.35. The van der Waals surface area contributed by atoms with E-state index in [9.17, 15) is 0 Å². The van der Waals surface area contributed by atoms with E-state index in [0.717, 1.165) is 18.4 Å². The Hall–Kier alpha value is 0.617. The van der Waals surface area contributed by atoms with Crippen LogP contribution in [0.4, 0.5) is 0 Å². The highest BCUT2D eigenvalue weighted by Crippen LogP contribution is 2.27. The second-order valence-corrected chi connectivity index (χ2v) is 10.2. The van der Waals surface area contributed by atoms with E-state index in [-0.39, 0.29) is 6.29 Å². The van der Waals surface area contributed by atoms with Gasteiger partial charge in [0.15, 0.2) is 8.32 Å². The highest BCUT2D eigenvalue weighted by Gasteiger charge is 2.34. The molecule has 0 fully saturated rings. The Morgan fingerprint density at radius 3 is 1.94 bits per heavy atom. The Morgan fingerprint density at radius 2 is 1.59 bits per heavy atom. The van der Waals surface area contributed by atoms with Crippen molar-refractivity contribution in [3.8, 4) is 0 Å². The summed E-state index contributed by atoms with van der Waals surface area (Å²) in [5, 5.41) is 1.01. The minimum absolute atomic E-state index is 0.0101. The van der Waals surface area contributed by atoms with Gasteiger partial charge in [0.25, 0.3) is 0 Å². The molecule has 4 heteroatoms. The summed E-state index contributed by atoms with van der Waals surface area (Å²) >= 11 is 3.50. The third-order valence-corrected chi connectivity index (χ3v) is 8.72. The van der Waals surface area contributed by atoms with Gasteiger partial charge >= 0.3 is 0 Å². The van der Waals surface area contributed by atoms with Crippen molar-refractivity contribution < 1.29 is 9.16 Å². The molecule has 0 N–H and O–H groups in total. The van der Waals surface area contributed by atoms with E-state index in [1.54, 1.807) is 0 Å². The molecule has 104 valence electrons. The summed E-state index contributed by atoms with van der Waals surface area (Å²) in [4.78, 5) is 0. The summed E-state index contributed by atoms with van der Waals surface area (Å²) in [7, 11) is -1.55. The molecule has 0 aliphatic heterocycles. The summed E-state index contributed by atoms with van der Waals surface area (Å²) < 4.78 is 12.2. The lowest BCUT2D eigenvalue weighted by atomic mass is 10.1. The minimum atomic E-state index is -1.55. The second kappa shape index (κ2) is 9.53. The number of alkyl halides is 1. The van der Waals surface area contributed by atoms with Gasteiger partial charge in [0.1, 0.15) is 6.29 Å². The Bertz CT molecular complexity index is 178. The van der Waals surface area contributed by atoms with Crippen LogP contribution >= 0.6 is 15.9 Å². The molecule has 0 radical (unpaired) electrons. The van der Waals surface area contributed by atoms with Crippen LogP contribution in [-0.4, -0.2) is 26.5 Å². The van der Waals surface area contributed by atoms with Crippen molar-refractivity contribution in [1.82, 2.24) is 0 Å². The Morgan fingerprint density at radius 1 is 1.06 bits per heavy atom. The van der Waals surface area contributed by atoms with Crippen molar-refractivity contribution in [1.29, 1.82) is 0 Å². The zero-order valence-corrected chi connectivity index (χ0v) is 14.7. The molecule has 0 amide bonds. The van der Waals surface area contributed by atoms with Crippen molar-refractivity contribution >= 4 is 24.2 Å². The van der Waals surface area contributed by atoms with Crippen molar-refractivity contribution in [3.63, 3.8) is 0 Å². The molecule has 0 aliphatic rings. The monoisotopic (exact) mass is 324 g/mol. The van der Waals surface area contributed by atoms with E-state index in [0.29, 0.717) is 5.92 Å². The molecule has 0 saturated carbocycles. The fourth-order valence-electron chi connectivity index (χ4n) is 2.03. The average molecular weight is 325 g/mol. The molecule has 0 aliphatic carbocycles. The van der Waals surface area contributed by atoms with Gasteiger partial charge in [-0.1, -0.05) is 43.6 Å². The molecule has 0 aromatic heterocycles. The van der Waals surface area contributed by atoms with Crippen LogP contribution in [0.3, 0.4) is 0 Å². The first-order chi connectivity index (χ1) is 8.09. The van der Waals surface area contributed by atoms with Gasteiger partial charge in [0, 0.05) is 17.9 Å². The third-order valence-electron chi connectivity index (χ3n) is 3.66. The van der Waals surface area contributed by atoms with Crippen LogP contribution in [0.5, 0.6) is 0 Å². The standard InChI is InChI=1S/C13H29BrO2Si/c1-6-15-13(12(5)10-11-14)16-17(7-2,8-3)9-4/h12-13H,6-11H2,1-5H3. The quantitative estimate of drug-likeness (QED) is 0.326. The van der Waals surface area contributed by atoms with Crippen LogP contribution in [-0.2, 0) is 9.16 Å². The topological polar surface area (TPSA) is 18.5 Å². The van der Waals surface area contributed by atoms with Crippen LogP contribution in [0.15, 0.2) is 0 Å². The summed E-state index contributed by atoms with van der Waals surface area (Å²) in [5.41, 5.74) is 0. The van der Waals surface area contributed by atoms with Crippen LogP contribution in [0.25, 0.3) is 0 Å². The molecule has 0 bridgehead atoms. The van der Waals surface area contributed by atoms with Crippen LogP contribution in [0, 0.1) is 5.92 Å². The first-order valence-corrected chi connectivity index (χ1v) is 10.6. The second-order valence-electron chi connectivity index (χ2n) is 4.64. The largest absolute Gasteiger partial charge is 0.392 e. The lowest BCUT2D eigenvalue weighted by Gasteiger charge is -2.35. The van der Waals surface area contributed by atoms with E-state index in [1.165, 1.54) is 18.1 Å². The van der Waals surface area contributed by atoms with Gasteiger partial charge in [-0.2, -0.15) is 0 Å². The first kappa shape index (κ1) is 17.6. The van der Waals surface area contributed by atoms with Gasteiger partial charge in [0.05, 0.1) is 0 Å². The Kier molecular flexibility index (Phi) is 9.88. The molecule has 0 aromatic rings. The normalized spacial score (nSPS) is 15.9. The number of ether oxygens (including phenoxy) is 1. The van der Waals surface area contributed by atoms with E-state index in [4.69, 9.17) is 9.16 Å². The summed E-state index contributed by atoms with van der Waals surface area (Å²) in [6, 6.07) is 3.56. The maximum absolute atomic E-state index is 6.44. The van der Waals surface area contributed by atoms with E-state index < -0.39 is 8.32 Å². The van der Waals surface area contributed by atoms with Gasteiger partial charge < -0.3 is 9.16 Å². The lowest BCUT2D eigenvalue weighted by Crippen LogP contribution is -2.43. The van der Waals surface area contributed by atoms with E-state index >= 15 is 0 Å². The predicted molar refractivity (Wildman–Crippen MR) is 81.3 cm³/mol. The fraction of sp³-hybridized carbons (Fsp3) is 1.00. The fourth-order valence-corrected chi connectivity index (χ4v) is 5.55. The van der Waals surface area contributed by atoms with Gasteiger partial charge in [-0.25, -0.2) is 0 Å². The third kappa shape index (κ3) is 5.86. The molecule has 0 aromatic carbocycles. The predicted octanol–water partition coefficient (Wildman–Crippen LogP) is 4.79. The minimum Gasteiger partial charge on any atom is -0.392 e. The van der Waals surface area contributed by atoms with Crippen LogP contribution in [0.2, 0.25) is 18.1 Å². The maximum atomic E-state index is 6.44. The molecule has 2 nitrogen and oxygen atoms in total. The van der Waals surface area contributed by atoms with Gasteiger partial charge in [-0.3, -0.25) is 0 Å². The summed E-state index contributed by atoms with van der Waals surface area (Å²) in [6.07, 6.45) is 1.09. The van der Waals surface area contributed by atoms with Crippen LogP contribution < -0.4 is 0 Å². The van der Waals surface area contributed by atoms with Crippen molar-refractivity contribution in [2.45, 2.75) is 65.5 Å². The number of rotatable bonds is 10. The van der Waals surface area contributed by atoms with E-state index in [2.05, 4.69) is 43.6 Å². The molecular formula is C13H29BrO2Si. The van der Waals surface area contributed by atoms with Crippen molar-refractivity contribution in [3.05, 3.63) is 0 Å². The molecule has 2 atom stereocenters. The highest BCUT2D eigenvalue weighted by atomic mass is 79.9. The number of hydrogen-bond acceptors (Lipinski definition) is 2. The number of halogens is 1. The maximum Gasteiger partial charge on any atom is 0.195 e. The first-order valence-electron chi connectivity index (χ1n) is 6.94. The van der Waals surface area contributed by atoms with E-state index in [1.807, 2.05) is 6.92 Å². The van der Waals surface area contributed by atoms with Gasteiger partial charge in [-0.15, -0.1) is 0 Å². The highest BCUT2D eigenvalue weighted by molar-refractivity contribution is 9.09. The molecule has 0 heterocycles. The lowest BCUT2D eigenvalue weighted by molar-refractivity contribution is -0.115. The molecular weight excluding hydrogens is 296 g/mol. The Labute approximate surface area is 117 Å². The molecule has 2 unspecified atom stereocenters. The molecule has 17 heavy (non-hydrogen) atoms. The summed E-state index contributed by atoms with van der Waals surface area (Å²) in [6.45, 7) is 11.8. The molecule has 0 rings (SSSR count). The Balaban J connectivity index is 4.59. The van der Waals surface area contributed by atoms with Gasteiger partial charge in [-0.05, 0) is 31.5 Å². The number of hydrogen-bond donors (Lipinski definition) is 0. The van der Waals surface area contributed by atoms with Crippen LogP contribution in [0.1, 0.15) is 41.0 Å². The van der Waals surface area contributed by atoms with Crippen molar-refractivity contribution in [2.75, 3.05) is 11.9 Å². The van der Waals surface area contributed by atoms with Crippen molar-refractivity contribution in [2.24, 2.45) is 5.92 Å². The molecule has 0 spiro atoms. The van der Waals surface area contributed by atoms with Gasteiger partial charge in [0.2, 0.25) is 0 Å². The smallest absolute Gasteiger partial charge is 0.195 e. The molecule has 0 saturated heterocycles. The zero-order valence-electron chi connectivity index (χ0n) is 12.1. The summed E-state index contributed by atoms with van der Waals surface area (Å²) in [5.74, 6) is 0.464.